The van der Waals surface area contributed by atoms with E-state index in [4.69, 9.17) is 18.9 Å². The molecule has 0 atom stereocenters. The van der Waals surface area contributed by atoms with Crippen molar-refractivity contribution in [2.24, 2.45) is 0 Å². The normalized spacial score (nSPS) is 9.96. The number of ether oxygens (including phenoxy) is 4. The fraction of sp³-hybridized carbons (Fsp3) is 0.278. The molecule has 1 N–H and O–H groups in total. The Balaban J connectivity index is 1.92. The molecular weight excluding hydrogens is 340 g/mol. The van der Waals surface area contributed by atoms with Gasteiger partial charge in [-0.1, -0.05) is 6.07 Å². The summed E-state index contributed by atoms with van der Waals surface area (Å²) in [5.74, 6) is 0.335. The number of pyridine rings is 1. The number of methoxy groups -OCH3 is 3. The third kappa shape index (κ3) is 4.85. The summed E-state index contributed by atoms with van der Waals surface area (Å²) < 4.78 is 20.7. The molecular formula is C18H20N2O6. The van der Waals surface area contributed by atoms with Crippen molar-refractivity contribution in [2.45, 2.75) is 6.54 Å². The Morgan fingerprint density at radius 2 is 1.73 bits per heavy atom. The maximum atomic E-state index is 11.9. The lowest BCUT2D eigenvalue weighted by Gasteiger charge is -2.14. The Morgan fingerprint density at radius 3 is 2.27 bits per heavy atom. The van der Waals surface area contributed by atoms with E-state index < -0.39 is 18.5 Å². The van der Waals surface area contributed by atoms with Crippen molar-refractivity contribution in [1.82, 2.24) is 10.3 Å². The number of hydrogen-bond acceptors (Lipinski definition) is 7. The minimum absolute atomic E-state index is 0.143. The molecule has 26 heavy (non-hydrogen) atoms. The lowest BCUT2D eigenvalue weighted by Crippen LogP contribution is -2.28. The second kappa shape index (κ2) is 9.26. The Hall–Kier alpha value is -3.29. The second-order valence-corrected chi connectivity index (χ2v) is 5.10. The molecule has 1 aromatic heterocycles. The number of hydrogen-bond donors (Lipinski definition) is 1. The van der Waals surface area contributed by atoms with Gasteiger partial charge in [0.25, 0.3) is 5.91 Å². The molecule has 8 nitrogen and oxygen atoms in total. The van der Waals surface area contributed by atoms with E-state index in [1.807, 2.05) is 0 Å². The lowest BCUT2D eigenvalue weighted by molar-refractivity contribution is -0.124. The first-order valence-corrected chi connectivity index (χ1v) is 7.72. The van der Waals surface area contributed by atoms with Crippen LogP contribution in [-0.2, 0) is 16.1 Å². The molecule has 1 aromatic carbocycles. The van der Waals surface area contributed by atoms with Gasteiger partial charge >= 0.3 is 5.97 Å². The first-order chi connectivity index (χ1) is 12.6. The van der Waals surface area contributed by atoms with Gasteiger partial charge in [-0.15, -0.1) is 0 Å². The van der Waals surface area contributed by atoms with Crippen molar-refractivity contribution in [3.63, 3.8) is 0 Å². The Kier molecular flexibility index (Phi) is 6.78. The second-order valence-electron chi connectivity index (χ2n) is 5.10. The minimum Gasteiger partial charge on any atom is -0.493 e. The molecule has 0 unspecified atom stereocenters. The zero-order valence-electron chi connectivity index (χ0n) is 14.8. The molecule has 0 aliphatic heterocycles. The van der Waals surface area contributed by atoms with Gasteiger partial charge in [-0.25, -0.2) is 9.78 Å². The average Bonchev–Trinajstić information content (AvgIpc) is 2.69. The van der Waals surface area contributed by atoms with Gasteiger partial charge in [0.2, 0.25) is 5.75 Å². The van der Waals surface area contributed by atoms with Crippen LogP contribution in [0, 0.1) is 0 Å². The summed E-state index contributed by atoms with van der Waals surface area (Å²) in [5, 5.41) is 2.66. The van der Waals surface area contributed by atoms with E-state index in [2.05, 4.69) is 10.3 Å². The highest BCUT2D eigenvalue weighted by molar-refractivity contribution is 5.89. The topological polar surface area (TPSA) is 96.0 Å². The molecule has 0 fully saturated rings. The SMILES string of the molecule is COc1cc(CNC(=O)COC(=O)c2ccccn2)cc(OC)c1OC. The van der Waals surface area contributed by atoms with Gasteiger partial charge in [-0.3, -0.25) is 4.79 Å². The fourth-order valence-corrected chi connectivity index (χ4v) is 2.18. The third-order valence-corrected chi connectivity index (χ3v) is 3.42. The minimum atomic E-state index is -0.659. The molecule has 0 spiro atoms. The van der Waals surface area contributed by atoms with Gasteiger partial charge < -0.3 is 24.3 Å². The van der Waals surface area contributed by atoms with Crippen LogP contribution in [0.5, 0.6) is 17.2 Å². The summed E-state index contributed by atoms with van der Waals surface area (Å²) in [6.45, 7) is -0.198. The standard InChI is InChI=1S/C18H20N2O6/c1-23-14-8-12(9-15(24-2)17(14)25-3)10-20-16(21)11-26-18(22)13-6-4-5-7-19-13/h4-9H,10-11H2,1-3H3,(H,20,21). The van der Waals surface area contributed by atoms with E-state index in [1.54, 1.807) is 24.3 Å². The van der Waals surface area contributed by atoms with E-state index in [9.17, 15) is 9.59 Å². The highest BCUT2D eigenvalue weighted by atomic mass is 16.5. The molecule has 138 valence electrons. The van der Waals surface area contributed by atoms with E-state index >= 15 is 0 Å². The van der Waals surface area contributed by atoms with Gasteiger partial charge in [0.1, 0.15) is 5.69 Å². The quantitative estimate of drug-likeness (QED) is 0.714. The van der Waals surface area contributed by atoms with Crippen LogP contribution in [-0.4, -0.2) is 44.8 Å². The van der Waals surface area contributed by atoms with Crippen LogP contribution in [0.25, 0.3) is 0 Å². The molecule has 2 rings (SSSR count). The molecule has 0 saturated heterocycles. The number of esters is 1. The van der Waals surface area contributed by atoms with E-state index in [0.29, 0.717) is 17.2 Å². The Morgan fingerprint density at radius 1 is 1.04 bits per heavy atom. The van der Waals surface area contributed by atoms with E-state index in [0.717, 1.165) is 5.56 Å². The summed E-state index contributed by atoms with van der Waals surface area (Å²) in [4.78, 5) is 27.5. The molecule has 0 radical (unpaired) electrons. The van der Waals surface area contributed by atoms with Gasteiger partial charge in [-0.05, 0) is 29.8 Å². The van der Waals surface area contributed by atoms with E-state index in [1.165, 1.54) is 33.6 Å². The number of aromatic nitrogens is 1. The molecule has 8 heteroatoms. The summed E-state index contributed by atoms with van der Waals surface area (Å²) in [6, 6.07) is 8.30. The fourth-order valence-electron chi connectivity index (χ4n) is 2.18. The predicted molar refractivity (Wildman–Crippen MR) is 92.5 cm³/mol. The van der Waals surface area contributed by atoms with Crippen LogP contribution in [0.3, 0.4) is 0 Å². The van der Waals surface area contributed by atoms with Crippen molar-refractivity contribution in [3.05, 3.63) is 47.8 Å². The van der Waals surface area contributed by atoms with Gasteiger partial charge in [0.05, 0.1) is 21.3 Å². The summed E-state index contributed by atoms with van der Waals surface area (Å²) >= 11 is 0. The monoisotopic (exact) mass is 360 g/mol. The van der Waals surface area contributed by atoms with Crippen LogP contribution in [0.1, 0.15) is 16.1 Å². The largest absolute Gasteiger partial charge is 0.493 e. The van der Waals surface area contributed by atoms with Gasteiger partial charge in [0.15, 0.2) is 18.1 Å². The van der Waals surface area contributed by atoms with Crippen molar-refractivity contribution < 1.29 is 28.5 Å². The first-order valence-electron chi connectivity index (χ1n) is 7.72. The Labute approximate surface area is 151 Å². The van der Waals surface area contributed by atoms with Gasteiger partial charge in [0, 0.05) is 12.7 Å². The van der Waals surface area contributed by atoms with Crippen molar-refractivity contribution in [3.8, 4) is 17.2 Å². The molecule has 0 saturated carbocycles. The van der Waals surface area contributed by atoms with Crippen molar-refractivity contribution in [2.75, 3.05) is 27.9 Å². The average molecular weight is 360 g/mol. The van der Waals surface area contributed by atoms with Crippen LogP contribution in [0.4, 0.5) is 0 Å². The zero-order chi connectivity index (χ0) is 18.9. The number of rotatable bonds is 8. The smallest absolute Gasteiger partial charge is 0.357 e. The van der Waals surface area contributed by atoms with Crippen LogP contribution < -0.4 is 19.5 Å². The maximum Gasteiger partial charge on any atom is 0.357 e. The molecule has 1 amide bonds. The van der Waals surface area contributed by atoms with Crippen molar-refractivity contribution in [1.29, 1.82) is 0 Å². The molecule has 2 aromatic rings. The van der Waals surface area contributed by atoms with Crippen molar-refractivity contribution >= 4 is 11.9 Å². The van der Waals surface area contributed by atoms with Gasteiger partial charge in [-0.2, -0.15) is 0 Å². The maximum absolute atomic E-state index is 11.9. The van der Waals surface area contributed by atoms with E-state index in [-0.39, 0.29) is 12.2 Å². The Bertz CT molecular complexity index is 739. The number of amides is 1. The summed E-state index contributed by atoms with van der Waals surface area (Å²) in [7, 11) is 4.53. The number of benzene rings is 1. The highest BCUT2D eigenvalue weighted by Crippen LogP contribution is 2.38. The number of nitrogens with one attached hydrogen (secondary N) is 1. The van der Waals surface area contributed by atoms with Crippen LogP contribution in [0.15, 0.2) is 36.5 Å². The molecule has 1 heterocycles. The summed E-state index contributed by atoms with van der Waals surface area (Å²) in [5.41, 5.74) is 0.883. The number of carbonyl (C=O) groups excluding carboxylic acids is 2. The third-order valence-electron chi connectivity index (χ3n) is 3.42. The summed E-state index contributed by atoms with van der Waals surface area (Å²) in [6.07, 6.45) is 1.47. The number of carbonyl (C=O) groups is 2. The highest BCUT2D eigenvalue weighted by Gasteiger charge is 2.14. The lowest BCUT2D eigenvalue weighted by atomic mass is 10.1. The van der Waals surface area contributed by atoms with Crippen LogP contribution in [0.2, 0.25) is 0 Å². The predicted octanol–water partition coefficient (Wildman–Crippen LogP) is 1.58. The zero-order valence-corrected chi connectivity index (χ0v) is 14.8. The molecule has 0 aliphatic carbocycles. The molecule has 0 bridgehead atoms. The van der Waals surface area contributed by atoms with Crippen LogP contribution >= 0.6 is 0 Å². The molecule has 0 aliphatic rings. The number of nitrogens with zero attached hydrogens (tertiary/aromatic N) is 1. The first kappa shape index (κ1) is 19.0.